The first kappa shape index (κ1) is 14.6. The molecule has 0 N–H and O–H groups in total. The lowest BCUT2D eigenvalue weighted by atomic mass is 10.1. The second-order valence-electron chi connectivity index (χ2n) is 4.59. The highest BCUT2D eigenvalue weighted by molar-refractivity contribution is 6.52. The van der Waals surface area contributed by atoms with Gasteiger partial charge in [0.2, 0.25) is 5.91 Å². The van der Waals surface area contributed by atoms with E-state index in [0.29, 0.717) is 6.54 Å². The van der Waals surface area contributed by atoms with Gasteiger partial charge in [-0.3, -0.25) is 29.4 Å². The Labute approximate surface area is 120 Å². The molecule has 0 unspecified atom stereocenters. The van der Waals surface area contributed by atoms with Crippen LogP contribution in [-0.4, -0.2) is 47.6 Å². The second kappa shape index (κ2) is 5.31. The van der Waals surface area contributed by atoms with Gasteiger partial charge in [-0.1, -0.05) is 0 Å². The monoisotopic (exact) mass is 291 g/mol. The highest BCUT2D eigenvalue weighted by atomic mass is 16.6. The fraction of sp³-hybridized carbons (Fsp3) is 0.308. The van der Waals surface area contributed by atoms with Crippen molar-refractivity contribution < 1.29 is 19.3 Å². The first-order valence-corrected chi connectivity index (χ1v) is 6.25. The SMILES string of the molecule is CCN(C)C(=O)CN1C(=O)C(=O)c2cc([N+](=O)[O-])ccc21. The number of ketones is 1. The predicted molar refractivity (Wildman–Crippen MR) is 73.1 cm³/mol. The summed E-state index contributed by atoms with van der Waals surface area (Å²) in [5.74, 6) is -1.99. The Hall–Kier alpha value is -2.77. The van der Waals surface area contributed by atoms with E-state index in [4.69, 9.17) is 0 Å². The summed E-state index contributed by atoms with van der Waals surface area (Å²) in [7, 11) is 1.58. The summed E-state index contributed by atoms with van der Waals surface area (Å²) in [5.41, 5.74) is -0.0802. The molecule has 0 aliphatic carbocycles. The Bertz CT molecular complexity index is 655. The van der Waals surface area contributed by atoms with Crippen LogP contribution in [-0.2, 0) is 9.59 Å². The first-order valence-electron chi connectivity index (χ1n) is 6.25. The van der Waals surface area contributed by atoms with Gasteiger partial charge in [0.05, 0.1) is 16.2 Å². The Kier molecular flexibility index (Phi) is 3.70. The second-order valence-corrected chi connectivity index (χ2v) is 4.59. The number of hydrogen-bond acceptors (Lipinski definition) is 5. The number of non-ortho nitro benzene ring substituents is 1. The van der Waals surface area contributed by atoms with Crippen LogP contribution < -0.4 is 4.90 Å². The van der Waals surface area contributed by atoms with E-state index in [9.17, 15) is 24.5 Å². The smallest absolute Gasteiger partial charge is 0.299 e. The quantitative estimate of drug-likeness (QED) is 0.459. The third kappa shape index (κ3) is 2.47. The summed E-state index contributed by atoms with van der Waals surface area (Å²) in [6.45, 7) is 1.99. The molecule has 0 radical (unpaired) electrons. The van der Waals surface area contributed by atoms with E-state index in [0.717, 1.165) is 11.0 Å². The summed E-state index contributed by atoms with van der Waals surface area (Å²) < 4.78 is 0. The predicted octanol–water partition coefficient (Wildman–Crippen LogP) is 0.602. The molecule has 2 rings (SSSR count). The number of nitro benzene ring substituents is 1. The van der Waals surface area contributed by atoms with Crippen LogP contribution in [0.5, 0.6) is 0 Å². The van der Waals surface area contributed by atoms with Gasteiger partial charge in [0.15, 0.2) is 0 Å². The van der Waals surface area contributed by atoms with Crippen LogP contribution in [0, 0.1) is 10.1 Å². The normalized spacial score (nSPS) is 13.3. The number of carbonyl (C=O) groups excluding carboxylic acids is 3. The lowest BCUT2D eigenvalue weighted by Gasteiger charge is -2.20. The summed E-state index contributed by atoms with van der Waals surface area (Å²) in [6.07, 6.45) is 0. The van der Waals surface area contributed by atoms with Crippen molar-refractivity contribution in [2.75, 3.05) is 25.0 Å². The highest BCUT2D eigenvalue weighted by Crippen LogP contribution is 2.31. The molecule has 0 aromatic heterocycles. The van der Waals surface area contributed by atoms with E-state index in [-0.39, 0.29) is 29.4 Å². The molecule has 0 fully saturated rings. The maximum atomic E-state index is 11.9. The van der Waals surface area contributed by atoms with Crippen LogP contribution in [0.25, 0.3) is 0 Å². The van der Waals surface area contributed by atoms with E-state index >= 15 is 0 Å². The Balaban J connectivity index is 2.36. The first-order chi connectivity index (χ1) is 9.86. The molecule has 110 valence electrons. The van der Waals surface area contributed by atoms with Crippen molar-refractivity contribution in [1.29, 1.82) is 0 Å². The lowest BCUT2D eigenvalue weighted by molar-refractivity contribution is -0.384. The average Bonchev–Trinajstić information content (AvgIpc) is 2.71. The number of carbonyl (C=O) groups is 3. The maximum Gasteiger partial charge on any atom is 0.299 e. The number of anilines is 1. The van der Waals surface area contributed by atoms with Crippen molar-refractivity contribution in [1.82, 2.24) is 4.90 Å². The van der Waals surface area contributed by atoms with Gasteiger partial charge in [0.25, 0.3) is 17.4 Å². The zero-order valence-electron chi connectivity index (χ0n) is 11.5. The molecule has 0 bridgehead atoms. The highest BCUT2D eigenvalue weighted by Gasteiger charge is 2.38. The molecule has 2 amide bonds. The number of amides is 2. The molecule has 1 heterocycles. The molecule has 1 aromatic rings. The minimum atomic E-state index is -0.844. The molecule has 0 saturated carbocycles. The van der Waals surface area contributed by atoms with Crippen molar-refractivity contribution in [3.05, 3.63) is 33.9 Å². The molecule has 8 heteroatoms. The largest absolute Gasteiger partial charge is 0.344 e. The van der Waals surface area contributed by atoms with Crippen LogP contribution >= 0.6 is 0 Å². The van der Waals surface area contributed by atoms with Crippen molar-refractivity contribution >= 4 is 29.0 Å². The van der Waals surface area contributed by atoms with Gasteiger partial charge in [-0.15, -0.1) is 0 Å². The van der Waals surface area contributed by atoms with E-state index in [1.165, 1.54) is 17.0 Å². The number of rotatable bonds is 4. The van der Waals surface area contributed by atoms with Crippen molar-refractivity contribution in [2.24, 2.45) is 0 Å². The standard InChI is InChI=1S/C13H13N3O5/c1-3-14(2)11(17)7-15-10-5-4-8(16(20)21)6-9(10)12(18)13(15)19/h4-6H,3,7H2,1-2H3. The number of Topliss-reactive ketones (excluding diaryl/α,β-unsaturated/α-hetero) is 1. The third-order valence-corrected chi connectivity index (χ3v) is 3.36. The van der Waals surface area contributed by atoms with E-state index in [1.54, 1.807) is 14.0 Å². The van der Waals surface area contributed by atoms with Crippen LogP contribution in [0.15, 0.2) is 18.2 Å². The number of nitro groups is 1. The van der Waals surface area contributed by atoms with E-state index < -0.39 is 16.6 Å². The van der Waals surface area contributed by atoms with E-state index in [2.05, 4.69) is 0 Å². The Morgan fingerprint density at radius 2 is 2.05 bits per heavy atom. The van der Waals surface area contributed by atoms with Crippen LogP contribution in [0.1, 0.15) is 17.3 Å². The van der Waals surface area contributed by atoms with Gasteiger partial charge in [-0.25, -0.2) is 0 Å². The minimum Gasteiger partial charge on any atom is -0.344 e. The molecule has 0 saturated heterocycles. The summed E-state index contributed by atoms with van der Waals surface area (Å²) in [5, 5.41) is 10.7. The Morgan fingerprint density at radius 1 is 1.38 bits per heavy atom. The van der Waals surface area contributed by atoms with Crippen LogP contribution in [0.2, 0.25) is 0 Å². The van der Waals surface area contributed by atoms with Gasteiger partial charge < -0.3 is 4.90 Å². The molecule has 1 aromatic carbocycles. The van der Waals surface area contributed by atoms with Gasteiger partial charge in [0, 0.05) is 25.7 Å². The molecule has 0 spiro atoms. The summed E-state index contributed by atoms with van der Waals surface area (Å²) in [6, 6.07) is 3.57. The lowest BCUT2D eigenvalue weighted by Crippen LogP contribution is -2.40. The summed E-state index contributed by atoms with van der Waals surface area (Å²) >= 11 is 0. The molecule has 1 aliphatic rings. The fourth-order valence-electron chi connectivity index (χ4n) is 1.99. The van der Waals surface area contributed by atoms with Crippen molar-refractivity contribution in [2.45, 2.75) is 6.92 Å². The Morgan fingerprint density at radius 3 is 2.62 bits per heavy atom. The fourth-order valence-corrected chi connectivity index (χ4v) is 1.99. The zero-order valence-corrected chi connectivity index (χ0v) is 11.5. The third-order valence-electron chi connectivity index (χ3n) is 3.36. The topological polar surface area (TPSA) is 101 Å². The zero-order chi connectivity index (χ0) is 15.7. The van der Waals surface area contributed by atoms with Gasteiger partial charge in [-0.05, 0) is 13.0 Å². The molecular formula is C13H13N3O5. The number of nitrogens with zero attached hydrogens (tertiary/aromatic N) is 3. The maximum absolute atomic E-state index is 11.9. The molecule has 0 atom stereocenters. The number of likely N-dealkylation sites (N-methyl/N-ethyl adjacent to an activating group) is 1. The van der Waals surface area contributed by atoms with E-state index in [1.807, 2.05) is 0 Å². The van der Waals surface area contributed by atoms with Crippen LogP contribution in [0.3, 0.4) is 0 Å². The van der Waals surface area contributed by atoms with Crippen molar-refractivity contribution in [3.8, 4) is 0 Å². The van der Waals surface area contributed by atoms with Gasteiger partial charge in [0.1, 0.15) is 6.54 Å². The van der Waals surface area contributed by atoms with Crippen molar-refractivity contribution in [3.63, 3.8) is 0 Å². The van der Waals surface area contributed by atoms with Gasteiger partial charge in [-0.2, -0.15) is 0 Å². The molecule has 1 aliphatic heterocycles. The number of hydrogen-bond donors (Lipinski definition) is 0. The minimum absolute atomic E-state index is 0.0406. The molecular weight excluding hydrogens is 278 g/mol. The average molecular weight is 291 g/mol. The van der Waals surface area contributed by atoms with Gasteiger partial charge >= 0.3 is 0 Å². The van der Waals surface area contributed by atoms with Crippen LogP contribution in [0.4, 0.5) is 11.4 Å². The summed E-state index contributed by atoms with van der Waals surface area (Å²) in [4.78, 5) is 48.2. The number of fused-ring (bicyclic) bond motifs is 1. The number of benzene rings is 1. The molecule has 21 heavy (non-hydrogen) atoms. The molecule has 8 nitrogen and oxygen atoms in total.